The zero-order chi connectivity index (χ0) is 10.7. The fourth-order valence-corrected chi connectivity index (χ4v) is 2.16. The van der Waals surface area contributed by atoms with Crippen molar-refractivity contribution in [3.8, 4) is 0 Å². The van der Waals surface area contributed by atoms with Gasteiger partial charge < -0.3 is 5.11 Å². The van der Waals surface area contributed by atoms with Crippen molar-refractivity contribution in [1.82, 2.24) is 4.98 Å². The predicted octanol–water partition coefficient (Wildman–Crippen LogP) is 2.74. The van der Waals surface area contributed by atoms with Gasteiger partial charge in [0.05, 0.1) is 6.10 Å². The molecule has 0 amide bonds. The molecule has 82 valence electrons. The molecule has 1 aromatic rings. The third kappa shape index (κ3) is 2.57. The fourth-order valence-electron chi connectivity index (χ4n) is 2.16. The second kappa shape index (κ2) is 4.75. The van der Waals surface area contributed by atoms with Crippen LogP contribution in [0.25, 0.3) is 0 Å². The van der Waals surface area contributed by atoms with E-state index >= 15 is 0 Å². The molecule has 1 aromatic heterocycles. The molecule has 1 N–H and O–H groups in total. The van der Waals surface area contributed by atoms with Crippen molar-refractivity contribution in [1.29, 1.82) is 0 Å². The number of pyridine rings is 1. The Labute approximate surface area is 91.4 Å². The molecule has 1 aliphatic carbocycles. The van der Waals surface area contributed by atoms with E-state index in [1.54, 1.807) is 12.4 Å². The third-order valence-electron chi connectivity index (χ3n) is 3.61. The maximum absolute atomic E-state index is 10.1. The monoisotopic (exact) mass is 205 g/mol. The van der Waals surface area contributed by atoms with Crippen LogP contribution >= 0.6 is 0 Å². The summed E-state index contributed by atoms with van der Waals surface area (Å²) in [4.78, 5) is 3.99. The molecule has 1 saturated carbocycles. The number of nitrogens with zero attached hydrogens (tertiary/aromatic N) is 1. The lowest BCUT2D eigenvalue weighted by Gasteiger charge is -2.30. The summed E-state index contributed by atoms with van der Waals surface area (Å²) in [6.45, 7) is 2.10. The van der Waals surface area contributed by atoms with Gasteiger partial charge in [-0.15, -0.1) is 0 Å². The molecule has 2 atom stereocenters. The van der Waals surface area contributed by atoms with E-state index < -0.39 is 0 Å². The van der Waals surface area contributed by atoms with Gasteiger partial charge >= 0.3 is 0 Å². The van der Waals surface area contributed by atoms with Crippen LogP contribution in [0.5, 0.6) is 0 Å². The first-order chi connectivity index (χ1) is 7.27. The van der Waals surface area contributed by atoms with Gasteiger partial charge in [0.25, 0.3) is 0 Å². The van der Waals surface area contributed by atoms with Crippen molar-refractivity contribution in [2.24, 2.45) is 5.92 Å². The van der Waals surface area contributed by atoms with E-state index in [9.17, 15) is 5.11 Å². The Kier molecular flexibility index (Phi) is 3.37. The molecule has 0 saturated heterocycles. The maximum atomic E-state index is 10.1. The smallest absolute Gasteiger partial charge is 0.0608 e. The Morgan fingerprint density at radius 1 is 1.40 bits per heavy atom. The molecule has 0 radical (unpaired) electrons. The summed E-state index contributed by atoms with van der Waals surface area (Å²) in [7, 11) is 0. The number of rotatable bonds is 4. The molecule has 0 bridgehead atoms. The summed E-state index contributed by atoms with van der Waals surface area (Å²) >= 11 is 0. The average molecular weight is 205 g/mol. The van der Waals surface area contributed by atoms with Crippen molar-refractivity contribution in [3.05, 3.63) is 30.1 Å². The zero-order valence-electron chi connectivity index (χ0n) is 9.26. The van der Waals surface area contributed by atoms with E-state index in [1.165, 1.54) is 24.8 Å². The van der Waals surface area contributed by atoms with Gasteiger partial charge in [-0.3, -0.25) is 4.98 Å². The predicted molar refractivity (Wildman–Crippen MR) is 60.6 cm³/mol. The minimum atomic E-state index is -0.197. The normalized spacial score (nSPS) is 20.7. The first-order valence-electron chi connectivity index (χ1n) is 5.85. The molecule has 2 rings (SSSR count). The molecule has 2 nitrogen and oxygen atoms in total. The van der Waals surface area contributed by atoms with Crippen LogP contribution in [-0.2, 0) is 0 Å². The van der Waals surface area contributed by atoms with Crippen LogP contribution in [-0.4, -0.2) is 16.2 Å². The molecule has 0 aromatic carbocycles. The highest BCUT2D eigenvalue weighted by Crippen LogP contribution is 2.33. The van der Waals surface area contributed by atoms with E-state index in [-0.39, 0.29) is 12.0 Å². The van der Waals surface area contributed by atoms with Crippen molar-refractivity contribution >= 4 is 0 Å². The van der Waals surface area contributed by atoms with Crippen LogP contribution in [0, 0.1) is 5.92 Å². The number of hydrogen-bond acceptors (Lipinski definition) is 2. The van der Waals surface area contributed by atoms with Gasteiger partial charge in [-0.2, -0.15) is 0 Å². The van der Waals surface area contributed by atoms with Gasteiger partial charge in [0.1, 0.15) is 0 Å². The largest absolute Gasteiger partial charge is 0.392 e. The topological polar surface area (TPSA) is 33.1 Å². The van der Waals surface area contributed by atoms with E-state index in [1.807, 2.05) is 12.1 Å². The van der Waals surface area contributed by atoms with Gasteiger partial charge in [-0.1, -0.05) is 26.2 Å². The van der Waals surface area contributed by atoms with Gasteiger partial charge in [-0.05, 0) is 30.0 Å². The standard InChI is InChI=1S/C13H19NO/c1-10(12-5-7-14-8-6-12)13(15)9-11-3-2-4-11/h5-8,10-11,13,15H,2-4,9H2,1H3. The maximum Gasteiger partial charge on any atom is 0.0608 e. The van der Waals surface area contributed by atoms with Crippen LogP contribution in [0.4, 0.5) is 0 Å². The quantitative estimate of drug-likeness (QED) is 0.820. The minimum absolute atomic E-state index is 0.197. The zero-order valence-corrected chi connectivity index (χ0v) is 9.26. The summed E-state index contributed by atoms with van der Waals surface area (Å²) in [5.74, 6) is 0.998. The van der Waals surface area contributed by atoms with Gasteiger partial charge in [-0.25, -0.2) is 0 Å². The molecule has 2 unspecified atom stereocenters. The second-order valence-electron chi connectivity index (χ2n) is 4.67. The van der Waals surface area contributed by atoms with Gasteiger partial charge in [0, 0.05) is 18.3 Å². The Bertz CT molecular complexity index is 295. The molecule has 1 heterocycles. The summed E-state index contributed by atoms with van der Waals surface area (Å²) in [5, 5.41) is 10.1. The average Bonchev–Trinajstić information content (AvgIpc) is 2.23. The Hall–Kier alpha value is -0.890. The van der Waals surface area contributed by atoms with Crippen LogP contribution in [0.3, 0.4) is 0 Å². The van der Waals surface area contributed by atoms with Crippen LogP contribution < -0.4 is 0 Å². The van der Waals surface area contributed by atoms with Gasteiger partial charge in [0.2, 0.25) is 0 Å². The lowest BCUT2D eigenvalue weighted by atomic mass is 9.78. The number of aliphatic hydroxyl groups is 1. The molecule has 15 heavy (non-hydrogen) atoms. The second-order valence-corrected chi connectivity index (χ2v) is 4.67. The van der Waals surface area contributed by atoms with E-state index in [0.717, 1.165) is 12.3 Å². The number of hydrogen-bond donors (Lipinski definition) is 1. The highest BCUT2D eigenvalue weighted by atomic mass is 16.3. The van der Waals surface area contributed by atoms with Crippen molar-refractivity contribution in [3.63, 3.8) is 0 Å². The summed E-state index contributed by atoms with van der Waals surface area (Å²) in [6.07, 6.45) is 8.31. The van der Waals surface area contributed by atoms with Crippen LogP contribution in [0.1, 0.15) is 44.1 Å². The Morgan fingerprint density at radius 3 is 2.60 bits per heavy atom. The lowest BCUT2D eigenvalue weighted by Crippen LogP contribution is -2.23. The molecular weight excluding hydrogens is 186 g/mol. The first-order valence-corrected chi connectivity index (χ1v) is 5.85. The molecule has 1 fully saturated rings. The van der Waals surface area contributed by atoms with Crippen molar-refractivity contribution in [2.75, 3.05) is 0 Å². The van der Waals surface area contributed by atoms with Crippen LogP contribution in [0.2, 0.25) is 0 Å². The summed E-state index contributed by atoms with van der Waals surface area (Å²) < 4.78 is 0. The van der Waals surface area contributed by atoms with Gasteiger partial charge in [0.15, 0.2) is 0 Å². The molecule has 2 heteroatoms. The van der Waals surface area contributed by atoms with E-state index in [0.29, 0.717) is 0 Å². The highest BCUT2D eigenvalue weighted by molar-refractivity contribution is 5.16. The molecule has 1 aliphatic rings. The molecule has 0 aliphatic heterocycles. The van der Waals surface area contributed by atoms with Crippen LogP contribution in [0.15, 0.2) is 24.5 Å². The van der Waals surface area contributed by atoms with E-state index in [2.05, 4.69) is 11.9 Å². The Balaban J connectivity index is 1.91. The molecule has 0 spiro atoms. The number of aromatic nitrogens is 1. The van der Waals surface area contributed by atoms with E-state index in [4.69, 9.17) is 0 Å². The van der Waals surface area contributed by atoms with Crippen molar-refractivity contribution < 1.29 is 5.11 Å². The fraction of sp³-hybridized carbons (Fsp3) is 0.615. The first kappa shape index (κ1) is 10.6. The SMILES string of the molecule is CC(c1ccncc1)C(O)CC1CCC1. The number of aliphatic hydroxyl groups excluding tert-OH is 1. The minimum Gasteiger partial charge on any atom is -0.392 e. The molecular formula is C13H19NO. The van der Waals surface area contributed by atoms with Crippen molar-refractivity contribution in [2.45, 2.75) is 44.6 Å². The third-order valence-corrected chi connectivity index (χ3v) is 3.61. The summed E-state index contributed by atoms with van der Waals surface area (Å²) in [5.41, 5.74) is 1.19. The Morgan fingerprint density at radius 2 is 2.07 bits per heavy atom. The highest BCUT2D eigenvalue weighted by Gasteiger charge is 2.24. The lowest BCUT2D eigenvalue weighted by molar-refractivity contribution is 0.0980. The summed E-state index contributed by atoms with van der Waals surface area (Å²) in [6, 6.07) is 3.99.